The van der Waals surface area contributed by atoms with Crippen molar-refractivity contribution in [3.8, 4) is 5.69 Å². The topological polar surface area (TPSA) is 34.9 Å². The van der Waals surface area contributed by atoms with E-state index in [9.17, 15) is 4.79 Å². The molecule has 3 heteroatoms. The fourth-order valence-corrected chi connectivity index (χ4v) is 2.09. The second kappa shape index (κ2) is 4.11. The molecule has 0 atom stereocenters. The highest BCUT2D eigenvalue weighted by Crippen LogP contribution is 2.21. The van der Waals surface area contributed by atoms with E-state index in [0.29, 0.717) is 5.56 Å². The second-order valence-electron chi connectivity index (χ2n) is 4.28. The van der Waals surface area contributed by atoms with Crippen LogP contribution in [0.2, 0.25) is 0 Å². The number of rotatable bonds is 2. The van der Waals surface area contributed by atoms with Gasteiger partial charge in [-0.05, 0) is 24.6 Å². The Morgan fingerprint density at radius 3 is 2.83 bits per heavy atom. The minimum atomic E-state index is 0.662. The van der Waals surface area contributed by atoms with Crippen molar-refractivity contribution in [3.63, 3.8) is 0 Å². The van der Waals surface area contributed by atoms with Crippen molar-refractivity contribution >= 4 is 17.2 Å². The fourth-order valence-electron chi connectivity index (χ4n) is 2.09. The van der Waals surface area contributed by atoms with Gasteiger partial charge in [0.15, 0.2) is 0 Å². The molecule has 0 saturated heterocycles. The first kappa shape index (κ1) is 10.7. The molecule has 0 amide bonds. The summed E-state index contributed by atoms with van der Waals surface area (Å²) in [6.45, 7) is 2.01. The van der Waals surface area contributed by atoms with Gasteiger partial charge in [-0.15, -0.1) is 0 Å². The highest BCUT2D eigenvalue weighted by atomic mass is 16.1. The van der Waals surface area contributed by atoms with Crippen LogP contribution in [0.25, 0.3) is 16.6 Å². The molecular weight excluding hydrogens is 224 g/mol. The number of carbonyl (C=O) groups excluding carboxylic acids is 1. The van der Waals surface area contributed by atoms with Crippen LogP contribution < -0.4 is 0 Å². The SMILES string of the molecule is Cc1ccc(C=O)cc1-n1ncc2ccccc21. The van der Waals surface area contributed by atoms with Gasteiger partial charge in [-0.25, -0.2) is 4.68 Å². The molecule has 0 saturated carbocycles. The van der Waals surface area contributed by atoms with Crippen LogP contribution in [0.3, 0.4) is 0 Å². The number of hydrogen-bond acceptors (Lipinski definition) is 2. The molecule has 3 aromatic rings. The predicted molar refractivity (Wildman–Crippen MR) is 71.2 cm³/mol. The molecule has 0 N–H and O–H groups in total. The first-order valence-electron chi connectivity index (χ1n) is 5.78. The van der Waals surface area contributed by atoms with Gasteiger partial charge in [0.05, 0.1) is 17.4 Å². The molecule has 3 nitrogen and oxygen atoms in total. The maximum Gasteiger partial charge on any atom is 0.150 e. The summed E-state index contributed by atoms with van der Waals surface area (Å²) in [5.41, 5.74) is 3.74. The monoisotopic (exact) mass is 236 g/mol. The fraction of sp³-hybridized carbons (Fsp3) is 0.0667. The lowest BCUT2D eigenvalue weighted by molar-refractivity contribution is 0.112. The lowest BCUT2D eigenvalue weighted by atomic mass is 10.1. The van der Waals surface area contributed by atoms with Crippen LogP contribution in [0.15, 0.2) is 48.7 Å². The summed E-state index contributed by atoms with van der Waals surface area (Å²) < 4.78 is 1.87. The van der Waals surface area contributed by atoms with Gasteiger partial charge in [0.1, 0.15) is 6.29 Å². The molecule has 18 heavy (non-hydrogen) atoms. The van der Waals surface area contributed by atoms with Gasteiger partial charge in [0.2, 0.25) is 0 Å². The number of hydrogen-bond donors (Lipinski definition) is 0. The summed E-state index contributed by atoms with van der Waals surface area (Å²) in [6.07, 6.45) is 2.69. The van der Waals surface area contributed by atoms with E-state index in [-0.39, 0.29) is 0 Å². The number of aromatic nitrogens is 2. The number of aldehydes is 1. The molecule has 1 aromatic heterocycles. The van der Waals surface area contributed by atoms with Gasteiger partial charge in [0, 0.05) is 10.9 Å². The number of para-hydroxylation sites is 1. The molecule has 0 aliphatic rings. The van der Waals surface area contributed by atoms with E-state index >= 15 is 0 Å². The molecular formula is C15H12N2O. The van der Waals surface area contributed by atoms with Crippen LogP contribution in [0.1, 0.15) is 15.9 Å². The molecule has 0 aliphatic heterocycles. The van der Waals surface area contributed by atoms with Gasteiger partial charge in [-0.3, -0.25) is 4.79 Å². The van der Waals surface area contributed by atoms with Crippen LogP contribution in [0.4, 0.5) is 0 Å². The molecule has 0 radical (unpaired) electrons. The van der Waals surface area contributed by atoms with Gasteiger partial charge in [-0.2, -0.15) is 5.10 Å². The van der Waals surface area contributed by atoms with Crippen molar-refractivity contribution in [2.45, 2.75) is 6.92 Å². The third-order valence-corrected chi connectivity index (χ3v) is 3.07. The minimum absolute atomic E-state index is 0.662. The van der Waals surface area contributed by atoms with E-state index in [1.165, 1.54) is 0 Å². The average molecular weight is 236 g/mol. The predicted octanol–water partition coefficient (Wildman–Crippen LogP) is 3.15. The highest BCUT2D eigenvalue weighted by molar-refractivity contribution is 5.81. The lowest BCUT2D eigenvalue weighted by Gasteiger charge is -2.08. The van der Waals surface area contributed by atoms with Crippen molar-refractivity contribution < 1.29 is 4.79 Å². The van der Waals surface area contributed by atoms with Crippen molar-refractivity contribution in [1.29, 1.82) is 0 Å². The van der Waals surface area contributed by atoms with Crippen LogP contribution in [0.5, 0.6) is 0 Å². The summed E-state index contributed by atoms with van der Waals surface area (Å²) >= 11 is 0. The molecule has 2 aromatic carbocycles. The summed E-state index contributed by atoms with van der Waals surface area (Å²) in [4.78, 5) is 10.9. The zero-order chi connectivity index (χ0) is 12.5. The smallest absolute Gasteiger partial charge is 0.150 e. The number of fused-ring (bicyclic) bond motifs is 1. The Hall–Kier alpha value is -2.42. The molecule has 0 aliphatic carbocycles. The highest BCUT2D eigenvalue weighted by Gasteiger charge is 2.07. The normalized spacial score (nSPS) is 10.7. The average Bonchev–Trinajstić information content (AvgIpc) is 2.83. The van der Waals surface area contributed by atoms with E-state index in [2.05, 4.69) is 5.10 Å². The summed E-state index contributed by atoms with van der Waals surface area (Å²) in [5, 5.41) is 5.49. The van der Waals surface area contributed by atoms with E-state index in [1.807, 2.05) is 60.3 Å². The number of aryl methyl sites for hydroxylation is 1. The Bertz CT molecular complexity index is 728. The minimum Gasteiger partial charge on any atom is -0.298 e. The van der Waals surface area contributed by atoms with Gasteiger partial charge >= 0.3 is 0 Å². The summed E-state index contributed by atoms with van der Waals surface area (Å²) in [7, 11) is 0. The summed E-state index contributed by atoms with van der Waals surface area (Å²) in [6, 6.07) is 13.6. The van der Waals surface area contributed by atoms with E-state index in [4.69, 9.17) is 0 Å². The Labute approximate surface area is 105 Å². The third kappa shape index (κ3) is 1.61. The van der Waals surface area contributed by atoms with Gasteiger partial charge < -0.3 is 0 Å². The largest absolute Gasteiger partial charge is 0.298 e. The zero-order valence-electron chi connectivity index (χ0n) is 10.00. The summed E-state index contributed by atoms with van der Waals surface area (Å²) in [5.74, 6) is 0. The Morgan fingerprint density at radius 1 is 1.17 bits per heavy atom. The van der Waals surface area contributed by atoms with E-state index < -0.39 is 0 Å². The number of nitrogens with zero attached hydrogens (tertiary/aromatic N) is 2. The quantitative estimate of drug-likeness (QED) is 0.641. The Kier molecular flexibility index (Phi) is 2.45. The van der Waals surface area contributed by atoms with Gasteiger partial charge in [0.25, 0.3) is 0 Å². The Balaban J connectivity index is 2.28. The maximum absolute atomic E-state index is 10.9. The van der Waals surface area contributed by atoms with Crippen LogP contribution in [-0.4, -0.2) is 16.1 Å². The first-order valence-corrected chi connectivity index (χ1v) is 5.78. The van der Waals surface area contributed by atoms with Crippen molar-refractivity contribution in [1.82, 2.24) is 9.78 Å². The number of carbonyl (C=O) groups is 1. The zero-order valence-corrected chi connectivity index (χ0v) is 10.00. The molecule has 0 fully saturated rings. The number of benzene rings is 2. The molecule has 3 rings (SSSR count). The van der Waals surface area contributed by atoms with Crippen molar-refractivity contribution in [2.24, 2.45) is 0 Å². The van der Waals surface area contributed by atoms with Crippen LogP contribution >= 0.6 is 0 Å². The molecule has 0 bridgehead atoms. The van der Waals surface area contributed by atoms with Crippen molar-refractivity contribution in [3.05, 3.63) is 59.8 Å². The van der Waals surface area contributed by atoms with Gasteiger partial charge in [-0.1, -0.05) is 30.3 Å². The van der Waals surface area contributed by atoms with E-state index in [1.54, 1.807) is 0 Å². The lowest BCUT2D eigenvalue weighted by Crippen LogP contribution is -1.99. The van der Waals surface area contributed by atoms with E-state index in [0.717, 1.165) is 28.4 Å². The molecule has 0 spiro atoms. The first-order chi connectivity index (χ1) is 8.79. The standard InChI is InChI=1S/C15H12N2O/c1-11-6-7-12(10-18)8-15(11)17-14-5-3-2-4-13(14)9-16-17/h2-10H,1H3. The Morgan fingerprint density at radius 2 is 2.00 bits per heavy atom. The molecule has 0 unspecified atom stereocenters. The second-order valence-corrected chi connectivity index (χ2v) is 4.28. The van der Waals surface area contributed by atoms with Crippen LogP contribution in [-0.2, 0) is 0 Å². The van der Waals surface area contributed by atoms with Crippen molar-refractivity contribution in [2.75, 3.05) is 0 Å². The molecule has 88 valence electrons. The van der Waals surface area contributed by atoms with Crippen LogP contribution in [0, 0.1) is 6.92 Å². The third-order valence-electron chi connectivity index (χ3n) is 3.07. The molecule has 1 heterocycles. The maximum atomic E-state index is 10.9.